The largest absolute Gasteiger partial charge is 0.353 e. The molecule has 1 atom stereocenters. The number of carbonyl (C=O) groups is 1. The second kappa shape index (κ2) is 6.02. The third kappa shape index (κ3) is 3.67. The van der Waals surface area contributed by atoms with Crippen molar-refractivity contribution in [2.75, 3.05) is 6.54 Å². The Bertz CT molecular complexity index is 508. The molecule has 0 saturated heterocycles. The third-order valence-corrected chi connectivity index (χ3v) is 3.29. The van der Waals surface area contributed by atoms with Gasteiger partial charge in [-0.1, -0.05) is 6.07 Å². The Hall–Kier alpha value is -1.62. The van der Waals surface area contributed by atoms with Crippen molar-refractivity contribution in [2.24, 2.45) is 0 Å². The van der Waals surface area contributed by atoms with Crippen LogP contribution in [0.25, 0.3) is 0 Å². The maximum Gasteiger partial charge on any atom is 0.248 e. The van der Waals surface area contributed by atoms with Crippen LogP contribution in [-0.2, 0) is 11.2 Å². The highest BCUT2D eigenvalue weighted by atomic mass is 16.2. The molecular weight excluding hydrogens is 242 g/mol. The number of fused-ring (bicyclic) bond motifs is 1. The molecule has 1 amide bonds. The molecule has 0 saturated carbocycles. The summed E-state index contributed by atoms with van der Waals surface area (Å²) in [7, 11) is 0. The fourth-order valence-corrected chi connectivity index (χ4v) is 2.50. The van der Waals surface area contributed by atoms with Crippen LogP contribution in [0.2, 0.25) is 0 Å². The lowest BCUT2D eigenvalue weighted by atomic mass is 9.91. The normalized spacial score (nSPS) is 18.2. The van der Waals surface area contributed by atoms with Gasteiger partial charge >= 0.3 is 0 Å². The van der Waals surface area contributed by atoms with E-state index in [1.54, 1.807) is 6.07 Å². The number of pyridine rings is 1. The summed E-state index contributed by atoms with van der Waals surface area (Å²) in [6, 6.07) is 3.72. The standard InChI is InChI=1S/C14H21N3O2/c1-9(2)16-14(19)8-15-11-4-3-5-12-10(11)6-7-13(18)17-12/h6-7,9,11,15H,3-5,8H2,1-2H3,(H,16,19)(H,17,18). The molecule has 5 nitrogen and oxygen atoms in total. The molecule has 0 fully saturated rings. The SMILES string of the molecule is CC(C)NC(=O)CNC1CCCc2[nH]c(=O)ccc21. The minimum absolute atomic E-state index is 0.00606. The Balaban J connectivity index is 2.00. The number of H-pyrrole nitrogens is 1. The van der Waals surface area contributed by atoms with Gasteiger partial charge in [0, 0.05) is 23.8 Å². The van der Waals surface area contributed by atoms with Gasteiger partial charge in [0.25, 0.3) is 0 Å². The predicted molar refractivity (Wildman–Crippen MR) is 74.0 cm³/mol. The summed E-state index contributed by atoms with van der Waals surface area (Å²) < 4.78 is 0. The zero-order chi connectivity index (χ0) is 13.8. The van der Waals surface area contributed by atoms with E-state index in [0.717, 1.165) is 30.5 Å². The van der Waals surface area contributed by atoms with E-state index in [0.29, 0.717) is 6.54 Å². The number of hydrogen-bond donors (Lipinski definition) is 3. The van der Waals surface area contributed by atoms with Crippen LogP contribution >= 0.6 is 0 Å². The average molecular weight is 263 g/mol. The summed E-state index contributed by atoms with van der Waals surface area (Å²) in [5.74, 6) is 0.00606. The molecule has 5 heteroatoms. The van der Waals surface area contributed by atoms with Gasteiger partial charge in [0.1, 0.15) is 0 Å². The molecule has 0 spiro atoms. The van der Waals surface area contributed by atoms with Gasteiger partial charge in [-0.15, -0.1) is 0 Å². The van der Waals surface area contributed by atoms with E-state index in [1.165, 1.54) is 0 Å². The number of nitrogens with one attached hydrogen (secondary N) is 3. The van der Waals surface area contributed by atoms with Crippen molar-refractivity contribution in [3.8, 4) is 0 Å². The monoisotopic (exact) mass is 263 g/mol. The van der Waals surface area contributed by atoms with Crippen molar-refractivity contribution in [2.45, 2.75) is 45.2 Å². The van der Waals surface area contributed by atoms with E-state index in [-0.39, 0.29) is 23.6 Å². The third-order valence-electron chi connectivity index (χ3n) is 3.29. The first-order valence-corrected chi connectivity index (χ1v) is 6.81. The number of aromatic amines is 1. The second-order valence-electron chi connectivity index (χ2n) is 5.30. The van der Waals surface area contributed by atoms with Crippen LogP contribution in [0.15, 0.2) is 16.9 Å². The van der Waals surface area contributed by atoms with E-state index in [2.05, 4.69) is 15.6 Å². The molecule has 0 aliphatic heterocycles. The molecule has 1 heterocycles. The van der Waals surface area contributed by atoms with Crippen molar-refractivity contribution in [1.29, 1.82) is 0 Å². The summed E-state index contributed by atoms with van der Waals surface area (Å²) in [5, 5.41) is 6.12. The number of aryl methyl sites for hydroxylation is 1. The molecule has 3 N–H and O–H groups in total. The molecule has 1 aromatic heterocycles. The first-order valence-electron chi connectivity index (χ1n) is 6.81. The van der Waals surface area contributed by atoms with Crippen molar-refractivity contribution in [1.82, 2.24) is 15.6 Å². The van der Waals surface area contributed by atoms with Crippen molar-refractivity contribution < 1.29 is 4.79 Å². The lowest BCUT2D eigenvalue weighted by Crippen LogP contribution is -2.39. The highest BCUT2D eigenvalue weighted by Gasteiger charge is 2.20. The highest BCUT2D eigenvalue weighted by Crippen LogP contribution is 2.27. The smallest absolute Gasteiger partial charge is 0.248 e. The Labute approximate surface area is 112 Å². The lowest BCUT2D eigenvalue weighted by Gasteiger charge is -2.26. The molecule has 2 rings (SSSR count). The molecule has 1 aliphatic rings. The predicted octanol–water partition coefficient (Wildman–Crippen LogP) is 0.866. The summed E-state index contributed by atoms with van der Waals surface area (Å²) in [5.41, 5.74) is 2.06. The van der Waals surface area contributed by atoms with Gasteiger partial charge in [-0.25, -0.2) is 0 Å². The van der Waals surface area contributed by atoms with Crippen molar-refractivity contribution >= 4 is 5.91 Å². The van der Waals surface area contributed by atoms with Gasteiger partial charge in [0.05, 0.1) is 6.54 Å². The fraction of sp³-hybridized carbons (Fsp3) is 0.571. The topological polar surface area (TPSA) is 74.0 Å². The van der Waals surface area contributed by atoms with Crippen molar-refractivity contribution in [3.05, 3.63) is 33.7 Å². The molecule has 1 aromatic rings. The zero-order valence-corrected chi connectivity index (χ0v) is 11.5. The Morgan fingerprint density at radius 1 is 1.47 bits per heavy atom. The lowest BCUT2D eigenvalue weighted by molar-refractivity contribution is -0.120. The van der Waals surface area contributed by atoms with Crippen molar-refractivity contribution in [3.63, 3.8) is 0 Å². The van der Waals surface area contributed by atoms with Crippen LogP contribution in [0.4, 0.5) is 0 Å². The number of aromatic nitrogens is 1. The minimum Gasteiger partial charge on any atom is -0.353 e. The number of hydrogen-bond acceptors (Lipinski definition) is 3. The summed E-state index contributed by atoms with van der Waals surface area (Å²) in [6.07, 6.45) is 2.92. The molecule has 0 aromatic carbocycles. The highest BCUT2D eigenvalue weighted by molar-refractivity contribution is 5.78. The zero-order valence-electron chi connectivity index (χ0n) is 11.5. The van der Waals surface area contributed by atoms with Crippen LogP contribution in [0.3, 0.4) is 0 Å². The molecule has 19 heavy (non-hydrogen) atoms. The summed E-state index contributed by atoms with van der Waals surface area (Å²) in [6.45, 7) is 4.19. The molecule has 1 aliphatic carbocycles. The van der Waals surface area contributed by atoms with Gasteiger partial charge in [0.15, 0.2) is 0 Å². The van der Waals surface area contributed by atoms with Crippen LogP contribution in [0, 0.1) is 0 Å². The Morgan fingerprint density at radius 2 is 2.26 bits per heavy atom. The van der Waals surface area contributed by atoms with Gasteiger partial charge in [0.2, 0.25) is 11.5 Å². The maximum absolute atomic E-state index is 11.6. The van der Waals surface area contributed by atoms with Crippen LogP contribution in [0.5, 0.6) is 0 Å². The van der Waals surface area contributed by atoms with E-state index in [9.17, 15) is 9.59 Å². The van der Waals surface area contributed by atoms with E-state index in [1.807, 2.05) is 19.9 Å². The van der Waals surface area contributed by atoms with Gasteiger partial charge in [-0.05, 0) is 38.7 Å². The van der Waals surface area contributed by atoms with Crippen LogP contribution in [-0.4, -0.2) is 23.5 Å². The molecule has 104 valence electrons. The Kier molecular flexibility index (Phi) is 4.37. The average Bonchev–Trinajstić information content (AvgIpc) is 2.35. The quantitative estimate of drug-likeness (QED) is 0.754. The molecule has 1 unspecified atom stereocenters. The van der Waals surface area contributed by atoms with Gasteiger partial charge < -0.3 is 15.6 Å². The summed E-state index contributed by atoms with van der Waals surface area (Å²) in [4.78, 5) is 25.8. The van der Waals surface area contributed by atoms with Crippen LogP contribution < -0.4 is 16.2 Å². The summed E-state index contributed by atoms with van der Waals surface area (Å²) >= 11 is 0. The molecule has 0 bridgehead atoms. The van der Waals surface area contributed by atoms with E-state index >= 15 is 0 Å². The number of rotatable bonds is 4. The molecule has 0 radical (unpaired) electrons. The van der Waals surface area contributed by atoms with Gasteiger partial charge in [-0.2, -0.15) is 0 Å². The minimum atomic E-state index is -0.0584. The fourth-order valence-electron chi connectivity index (χ4n) is 2.50. The molecular formula is C14H21N3O2. The first kappa shape index (κ1) is 13.8. The maximum atomic E-state index is 11.6. The van der Waals surface area contributed by atoms with Gasteiger partial charge in [-0.3, -0.25) is 9.59 Å². The second-order valence-corrected chi connectivity index (χ2v) is 5.30. The van der Waals surface area contributed by atoms with Crippen LogP contribution in [0.1, 0.15) is 44.0 Å². The number of amides is 1. The Morgan fingerprint density at radius 3 is 3.00 bits per heavy atom. The number of carbonyl (C=O) groups excluding carboxylic acids is 1. The van der Waals surface area contributed by atoms with E-state index < -0.39 is 0 Å². The first-order chi connectivity index (χ1) is 9.06. The van der Waals surface area contributed by atoms with E-state index in [4.69, 9.17) is 0 Å².